The average molecular weight is 608 g/mol. The molecule has 0 spiro atoms. The summed E-state index contributed by atoms with van der Waals surface area (Å²) in [5, 5.41) is 5.75. The molecular weight excluding hydrogens is 574 g/mol. The standard InChI is InChI=1S/C33H33N7O3S/c41-33(18-24-3-8-28(9-4-24)36-23-44(42)43)37-29-10-5-26(6-11-29)27-7-12-30-31(19-27)38-32(21-35-30)40-16-14-39(15-17-40)22-25-2-1-13-34-20-25/h1-13,19-21,36,44H,14-18,22-23H2,(H,37,41). The zero-order valence-electron chi connectivity index (χ0n) is 24.1. The van der Waals surface area contributed by atoms with Crippen LogP contribution in [0.5, 0.6) is 0 Å². The van der Waals surface area contributed by atoms with Crippen molar-refractivity contribution in [1.29, 1.82) is 0 Å². The van der Waals surface area contributed by atoms with Gasteiger partial charge in [0.2, 0.25) is 5.91 Å². The lowest BCUT2D eigenvalue weighted by Gasteiger charge is -2.35. The van der Waals surface area contributed by atoms with Crippen LogP contribution in [0.15, 0.2) is 97.5 Å². The summed E-state index contributed by atoms with van der Waals surface area (Å²) in [6.07, 6.45) is 5.80. The van der Waals surface area contributed by atoms with Gasteiger partial charge in [0.1, 0.15) is 11.7 Å². The Morgan fingerprint density at radius 2 is 1.55 bits per heavy atom. The highest BCUT2D eigenvalue weighted by atomic mass is 32.2. The maximum Gasteiger partial charge on any atom is 0.228 e. The van der Waals surface area contributed by atoms with E-state index < -0.39 is 10.7 Å². The van der Waals surface area contributed by atoms with Crippen molar-refractivity contribution in [3.05, 3.63) is 109 Å². The molecule has 0 atom stereocenters. The smallest absolute Gasteiger partial charge is 0.228 e. The van der Waals surface area contributed by atoms with Crippen LogP contribution in [0.4, 0.5) is 17.2 Å². The van der Waals surface area contributed by atoms with Gasteiger partial charge in [0.15, 0.2) is 10.7 Å². The van der Waals surface area contributed by atoms with Gasteiger partial charge in [-0.15, -0.1) is 0 Å². The van der Waals surface area contributed by atoms with Crippen LogP contribution in [-0.2, 0) is 28.5 Å². The van der Waals surface area contributed by atoms with Crippen LogP contribution >= 0.6 is 0 Å². The molecule has 1 aliphatic heterocycles. The number of hydrogen-bond acceptors (Lipinski definition) is 9. The summed E-state index contributed by atoms with van der Waals surface area (Å²) in [6, 6.07) is 25.1. The Balaban J connectivity index is 1.06. The summed E-state index contributed by atoms with van der Waals surface area (Å²) < 4.78 is 21.5. The molecule has 3 aromatic carbocycles. The minimum Gasteiger partial charge on any atom is -0.372 e. The van der Waals surface area contributed by atoms with E-state index in [1.165, 1.54) is 5.56 Å². The number of aromatic nitrogens is 3. The van der Waals surface area contributed by atoms with Gasteiger partial charge >= 0.3 is 0 Å². The summed E-state index contributed by atoms with van der Waals surface area (Å²) in [7, 11) is -2.50. The summed E-state index contributed by atoms with van der Waals surface area (Å²) in [5.41, 5.74) is 7.20. The van der Waals surface area contributed by atoms with Gasteiger partial charge < -0.3 is 15.5 Å². The summed E-state index contributed by atoms with van der Waals surface area (Å²) >= 11 is 0. The van der Waals surface area contributed by atoms with E-state index in [0.717, 1.165) is 66.3 Å². The lowest BCUT2D eigenvalue weighted by molar-refractivity contribution is -0.115. The topological polar surface area (TPSA) is 120 Å². The Kier molecular flexibility index (Phi) is 9.04. The molecule has 0 radical (unpaired) electrons. The van der Waals surface area contributed by atoms with E-state index in [-0.39, 0.29) is 18.2 Å². The number of carbonyl (C=O) groups excluding carboxylic acids is 1. The second-order valence-electron chi connectivity index (χ2n) is 10.7. The fraction of sp³-hybridized carbons (Fsp3) is 0.212. The summed E-state index contributed by atoms with van der Waals surface area (Å²) in [6.45, 7) is 4.59. The first-order valence-corrected chi connectivity index (χ1v) is 15.8. The van der Waals surface area contributed by atoms with Crippen LogP contribution < -0.4 is 15.5 Å². The van der Waals surface area contributed by atoms with Gasteiger partial charge in [-0.2, -0.15) is 0 Å². The highest BCUT2D eigenvalue weighted by Gasteiger charge is 2.19. The van der Waals surface area contributed by atoms with Crippen molar-refractivity contribution in [2.45, 2.75) is 13.0 Å². The Morgan fingerprint density at radius 1 is 0.795 bits per heavy atom. The lowest BCUT2D eigenvalue weighted by atomic mass is 10.0. The number of piperazine rings is 1. The van der Waals surface area contributed by atoms with Gasteiger partial charge in [-0.05, 0) is 64.7 Å². The predicted octanol–water partition coefficient (Wildman–Crippen LogP) is 4.18. The van der Waals surface area contributed by atoms with Crippen molar-refractivity contribution in [2.75, 3.05) is 47.6 Å². The second-order valence-corrected chi connectivity index (χ2v) is 11.7. The van der Waals surface area contributed by atoms with E-state index in [2.05, 4.69) is 42.5 Å². The van der Waals surface area contributed by atoms with E-state index in [4.69, 9.17) is 4.98 Å². The zero-order valence-corrected chi connectivity index (χ0v) is 25.0. The molecule has 0 bridgehead atoms. The number of rotatable bonds is 10. The van der Waals surface area contributed by atoms with E-state index >= 15 is 0 Å². The maximum atomic E-state index is 12.6. The van der Waals surface area contributed by atoms with Crippen LogP contribution in [-0.4, -0.2) is 66.2 Å². The van der Waals surface area contributed by atoms with Crippen molar-refractivity contribution in [3.63, 3.8) is 0 Å². The monoisotopic (exact) mass is 607 g/mol. The van der Waals surface area contributed by atoms with Crippen LogP contribution in [0.1, 0.15) is 11.1 Å². The van der Waals surface area contributed by atoms with Gasteiger partial charge in [0.05, 0.1) is 23.7 Å². The van der Waals surface area contributed by atoms with Crippen molar-refractivity contribution in [2.24, 2.45) is 0 Å². The van der Waals surface area contributed by atoms with Crippen LogP contribution in [0.2, 0.25) is 0 Å². The molecule has 3 heterocycles. The molecule has 44 heavy (non-hydrogen) atoms. The molecule has 10 nitrogen and oxygen atoms in total. The van der Waals surface area contributed by atoms with Gasteiger partial charge in [0.25, 0.3) is 0 Å². The van der Waals surface area contributed by atoms with Crippen molar-refractivity contribution < 1.29 is 13.2 Å². The Bertz CT molecular complexity index is 1800. The lowest BCUT2D eigenvalue weighted by Crippen LogP contribution is -2.46. The number of carbonyl (C=O) groups is 1. The predicted molar refractivity (Wildman–Crippen MR) is 174 cm³/mol. The molecular formula is C33H33N7O3S. The molecule has 224 valence electrons. The van der Waals surface area contributed by atoms with Gasteiger partial charge in [0, 0.05) is 56.5 Å². The molecule has 11 heteroatoms. The Hall–Kier alpha value is -4.87. The SMILES string of the molecule is O=C(Cc1ccc(NC[SH](=O)=O)cc1)Nc1ccc(-c2ccc3ncc(N4CCN(Cc5cccnc5)CC4)nc3c2)cc1. The molecule has 2 N–H and O–H groups in total. The Morgan fingerprint density at radius 3 is 2.27 bits per heavy atom. The average Bonchev–Trinajstić information content (AvgIpc) is 3.05. The summed E-state index contributed by atoms with van der Waals surface area (Å²) in [4.78, 5) is 31.2. The first-order valence-electron chi connectivity index (χ1n) is 14.5. The number of pyridine rings is 1. The molecule has 0 unspecified atom stereocenters. The minimum atomic E-state index is -2.50. The number of nitrogens with zero attached hydrogens (tertiary/aromatic N) is 5. The fourth-order valence-electron chi connectivity index (χ4n) is 5.25. The molecule has 1 amide bonds. The molecule has 2 aromatic heterocycles. The molecule has 1 aliphatic rings. The van der Waals surface area contributed by atoms with Gasteiger partial charge in [-0.25, -0.2) is 13.4 Å². The fourth-order valence-corrected chi connectivity index (χ4v) is 5.56. The normalized spacial score (nSPS) is 13.7. The number of fused-ring (bicyclic) bond motifs is 1. The number of anilines is 3. The maximum absolute atomic E-state index is 12.6. The van der Waals surface area contributed by atoms with E-state index in [1.807, 2.05) is 54.9 Å². The number of thiol groups is 1. The first kappa shape index (κ1) is 29.2. The second kappa shape index (κ2) is 13.6. The quantitative estimate of drug-likeness (QED) is 0.201. The van der Waals surface area contributed by atoms with Crippen LogP contribution in [0.25, 0.3) is 22.2 Å². The first-order chi connectivity index (χ1) is 21.5. The zero-order chi connectivity index (χ0) is 30.3. The van der Waals surface area contributed by atoms with E-state index in [9.17, 15) is 13.2 Å². The number of amides is 1. The Labute approximate surface area is 257 Å². The number of hydrogen-bond donors (Lipinski definition) is 3. The molecule has 0 saturated carbocycles. The third-order valence-electron chi connectivity index (χ3n) is 7.59. The molecule has 5 aromatic rings. The van der Waals surface area contributed by atoms with Gasteiger partial charge in [-0.1, -0.05) is 36.4 Å². The summed E-state index contributed by atoms with van der Waals surface area (Å²) in [5.74, 6) is 0.636. The van der Waals surface area contributed by atoms with Crippen molar-refractivity contribution in [1.82, 2.24) is 19.9 Å². The van der Waals surface area contributed by atoms with Crippen molar-refractivity contribution >= 4 is 44.8 Å². The highest BCUT2D eigenvalue weighted by molar-refractivity contribution is 7.72. The molecule has 1 fully saturated rings. The number of nitrogens with one attached hydrogen (secondary N) is 2. The third kappa shape index (κ3) is 7.55. The third-order valence-corrected chi connectivity index (χ3v) is 8.00. The van der Waals surface area contributed by atoms with Gasteiger partial charge in [-0.3, -0.25) is 19.7 Å². The molecule has 0 aliphatic carbocycles. The van der Waals surface area contributed by atoms with E-state index in [1.54, 1.807) is 30.5 Å². The van der Waals surface area contributed by atoms with Crippen molar-refractivity contribution in [3.8, 4) is 11.1 Å². The largest absolute Gasteiger partial charge is 0.372 e. The highest BCUT2D eigenvalue weighted by Crippen LogP contribution is 2.26. The molecule has 6 rings (SSSR count). The van der Waals surface area contributed by atoms with Crippen LogP contribution in [0, 0.1) is 0 Å². The minimum absolute atomic E-state index is 0.120. The van der Waals surface area contributed by atoms with Crippen LogP contribution in [0.3, 0.4) is 0 Å². The molecule has 1 saturated heterocycles. The number of benzene rings is 3. The van der Waals surface area contributed by atoms with E-state index in [0.29, 0.717) is 11.4 Å².